The van der Waals surface area contributed by atoms with Crippen molar-refractivity contribution in [1.29, 1.82) is 0 Å². The summed E-state index contributed by atoms with van der Waals surface area (Å²) in [6.45, 7) is 6.64. The number of hydrogen-bond donors (Lipinski definition) is 1. The summed E-state index contributed by atoms with van der Waals surface area (Å²) in [5.41, 5.74) is 4.89. The van der Waals surface area contributed by atoms with Crippen molar-refractivity contribution in [1.82, 2.24) is 5.32 Å². The molecule has 0 spiro atoms. The van der Waals surface area contributed by atoms with Crippen LogP contribution in [-0.2, 0) is 6.42 Å². The molecule has 2 nitrogen and oxygen atoms in total. The lowest BCUT2D eigenvalue weighted by Crippen LogP contribution is -2.25. The molecule has 1 N–H and O–H groups in total. The molecule has 0 aliphatic rings. The Morgan fingerprint density at radius 1 is 1.14 bits per heavy atom. The topological polar surface area (TPSA) is 29.1 Å². The fourth-order valence-electron chi connectivity index (χ4n) is 2.50. The zero-order valence-electron chi connectivity index (χ0n) is 13.4. The van der Waals surface area contributed by atoms with Gasteiger partial charge in [0.25, 0.3) is 5.91 Å². The minimum absolute atomic E-state index is 0.0458. The SMILES string of the molecule is CCCNC(=O)c1cc(Cc2ccccc2)c(C)c(Cl)c1C. The highest BCUT2D eigenvalue weighted by Gasteiger charge is 2.16. The number of carbonyl (C=O) groups excluding carboxylic acids is 1. The first kappa shape index (κ1) is 16.6. The van der Waals surface area contributed by atoms with Gasteiger partial charge < -0.3 is 5.32 Å². The minimum Gasteiger partial charge on any atom is -0.352 e. The van der Waals surface area contributed by atoms with Gasteiger partial charge >= 0.3 is 0 Å². The molecule has 0 heterocycles. The molecule has 1 amide bonds. The van der Waals surface area contributed by atoms with E-state index in [9.17, 15) is 4.79 Å². The average Bonchev–Trinajstić information content (AvgIpc) is 2.54. The zero-order valence-corrected chi connectivity index (χ0v) is 14.1. The third-order valence-corrected chi connectivity index (χ3v) is 4.45. The molecular weight excluding hydrogens is 294 g/mol. The lowest BCUT2D eigenvalue weighted by Gasteiger charge is -2.15. The molecule has 0 unspecified atom stereocenters. The zero-order chi connectivity index (χ0) is 16.1. The van der Waals surface area contributed by atoms with Gasteiger partial charge in [-0.1, -0.05) is 48.9 Å². The number of rotatable bonds is 5. The summed E-state index contributed by atoms with van der Waals surface area (Å²) in [5, 5.41) is 3.62. The van der Waals surface area contributed by atoms with Gasteiger partial charge in [-0.2, -0.15) is 0 Å². The molecule has 0 aliphatic heterocycles. The fraction of sp³-hybridized carbons (Fsp3) is 0.316. The third-order valence-electron chi connectivity index (χ3n) is 3.88. The predicted molar refractivity (Wildman–Crippen MR) is 92.8 cm³/mol. The Morgan fingerprint density at radius 3 is 2.45 bits per heavy atom. The van der Waals surface area contributed by atoms with Crippen molar-refractivity contribution in [2.75, 3.05) is 6.54 Å². The van der Waals surface area contributed by atoms with E-state index >= 15 is 0 Å². The Morgan fingerprint density at radius 2 is 1.82 bits per heavy atom. The van der Waals surface area contributed by atoms with Gasteiger partial charge in [0.05, 0.1) is 0 Å². The summed E-state index contributed by atoms with van der Waals surface area (Å²) in [5.74, 6) is -0.0458. The Kier molecular flexibility index (Phi) is 5.62. The first-order valence-corrected chi connectivity index (χ1v) is 8.03. The van der Waals surface area contributed by atoms with Crippen molar-refractivity contribution in [2.45, 2.75) is 33.6 Å². The average molecular weight is 316 g/mol. The van der Waals surface area contributed by atoms with Gasteiger partial charge in [0, 0.05) is 17.1 Å². The molecule has 0 saturated carbocycles. The molecule has 2 aromatic carbocycles. The first-order chi connectivity index (χ1) is 10.5. The lowest BCUT2D eigenvalue weighted by atomic mass is 9.94. The molecule has 116 valence electrons. The summed E-state index contributed by atoms with van der Waals surface area (Å²) in [6, 6.07) is 12.2. The normalized spacial score (nSPS) is 10.5. The number of benzene rings is 2. The molecule has 22 heavy (non-hydrogen) atoms. The van der Waals surface area contributed by atoms with Gasteiger partial charge in [-0.25, -0.2) is 0 Å². The van der Waals surface area contributed by atoms with E-state index in [1.165, 1.54) is 5.56 Å². The van der Waals surface area contributed by atoms with Crippen molar-refractivity contribution in [2.24, 2.45) is 0 Å². The molecule has 2 rings (SSSR count). The number of halogens is 1. The molecule has 0 aliphatic carbocycles. The quantitative estimate of drug-likeness (QED) is 0.852. The van der Waals surface area contributed by atoms with Crippen molar-refractivity contribution in [3.8, 4) is 0 Å². The van der Waals surface area contributed by atoms with Crippen molar-refractivity contribution in [3.63, 3.8) is 0 Å². The number of nitrogens with one attached hydrogen (secondary N) is 1. The summed E-state index contributed by atoms with van der Waals surface area (Å²) >= 11 is 6.45. The van der Waals surface area contributed by atoms with Crippen molar-refractivity contribution < 1.29 is 4.79 Å². The Balaban J connectivity index is 2.38. The van der Waals surface area contributed by atoms with Gasteiger partial charge in [-0.15, -0.1) is 0 Å². The van der Waals surface area contributed by atoms with E-state index in [0.29, 0.717) is 17.1 Å². The monoisotopic (exact) mass is 315 g/mol. The van der Waals surface area contributed by atoms with Gasteiger partial charge in [0.15, 0.2) is 0 Å². The smallest absolute Gasteiger partial charge is 0.251 e. The summed E-state index contributed by atoms with van der Waals surface area (Å²) < 4.78 is 0. The molecule has 0 aromatic heterocycles. The molecular formula is C19H22ClNO. The fourth-order valence-corrected chi connectivity index (χ4v) is 2.72. The molecule has 0 bridgehead atoms. The Bertz CT molecular complexity index is 665. The predicted octanol–water partition coefficient (Wildman–Crippen LogP) is 4.69. The van der Waals surface area contributed by atoms with Crippen LogP contribution < -0.4 is 5.32 Å². The second kappa shape index (κ2) is 7.46. The first-order valence-electron chi connectivity index (χ1n) is 7.65. The van der Waals surface area contributed by atoms with Crippen LogP contribution in [0.1, 0.15) is 46.0 Å². The lowest BCUT2D eigenvalue weighted by molar-refractivity contribution is 0.0953. The van der Waals surface area contributed by atoms with E-state index < -0.39 is 0 Å². The van der Waals surface area contributed by atoms with Gasteiger partial charge in [0.2, 0.25) is 0 Å². The van der Waals surface area contributed by atoms with Crippen LogP contribution in [0.15, 0.2) is 36.4 Å². The Hall–Kier alpha value is -1.80. The van der Waals surface area contributed by atoms with Crippen LogP contribution in [0.5, 0.6) is 0 Å². The number of hydrogen-bond acceptors (Lipinski definition) is 1. The van der Waals surface area contributed by atoms with Gasteiger partial charge in [0.1, 0.15) is 0 Å². The highest BCUT2D eigenvalue weighted by atomic mass is 35.5. The second-order valence-corrected chi connectivity index (χ2v) is 5.94. The Labute approximate surface area is 137 Å². The highest BCUT2D eigenvalue weighted by molar-refractivity contribution is 6.32. The van der Waals surface area contributed by atoms with Crippen LogP contribution in [0.4, 0.5) is 0 Å². The number of amides is 1. The van der Waals surface area contributed by atoms with Crippen molar-refractivity contribution >= 4 is 17.5 Å². The molecule has 2 aromatic rings. The van der Waals surface area contributed by atoms with Gasteiger partial charge in [-0.3, -0.25) is 4.79 Å². The maximum atomic E-state index is 12.3. The molecule has 3 heteroatoms. The van der Waals surface area contributed by atoms with Crippen LogP contribution in [0.2, 0.25) is 5.02 Å². The maximum Gasteiger partial charge on any atom is 0.251 e. The van der Waals surface area contributed by atoms with Crippen LogP contribution in [0, 0.1) is 13.8 Å². The van der Waals surface area contributed by atoms with Crippen molar-refractivity contribution in [3.05, 3.63) is 69.2 Å². The van der Waals surface area contributed by atoms with Crippen LogP contribution in [0.25, 0.3) is 0 Å². The highest BCUT2D eigenvalue weighted by Crippen LogP contribution is 2.28. The third kappa shape index (κ3) is 3.69. The summed E-state index contributed by atoms with van der Waals surface area (Å²) in [4.78, 5) is 12.3. The minimum atomic E-state index is -0.0458. The van der Waals surface area contributed by atoms with Gasteiger partial charge in [-0.05, 0) is 55.0 Å². The standard InChI is InChI=1S/C19H22ClNO/c1-4-10-21-19(22)17-12-16(13(2)18(20)14(17)3)11-15-8-6-5-7-9-15/h5-9,12H,4,10-11H2,1-3H3,(H,21,22). The molecule has 0 saturated heterocycles. The van der Waals surface area contributed by atoms with E-state index in [2.05, 4.69) is 17.4 Å². The van der Waals surface area contributed by atoms with E-state index in [4.69, 9.17) is 11.6 Å². The number of carbonyl (C=O) groups is 1. The maximum absolute atomic E-state index is 12.3. The summed E-state index contributed by atoms with van der Waals surface area (Å²) in [7, 11) is 0. The van der Waals surface area contributed by atoms with Crippen LogP contribution in [0.3, 0.4) is 0 Å². The van der Waals surface area contributed by atoms with E-state index in [-0.39, 0.29) is 5.91 Å². The second-order valence-electron chi connectivity index (χ2n) is 5.57. The molecule has 0 radical (unpaired) electrons. The van der Waals surface area contributed by atoms with E-state index in [1.54, 1.807) is 0 Å². The van der Waals surface area contributed by atoms with E-state index in [1.807, 2.05) is 45.0 Å². The summed E-state index contributed by atoms with van der Waals surface area (Å²) in [6.07, 6.45) is 1.70. The van der Waals surface area contributed by atoms with Crippen LogP contribution in [-0.4, -0.2) is 12.5 Å². The molecule has 0 fully saturated rings. The molecule has 0 atom stereocenters. The van der Waals surface area contributed by atoms with E-state index in [0.717, 1.165) is 29.5 Å². The largest absolute Gasteiger partial charge is 0.352 e. The van der Waals surface area contributed by atoms with Crippen LogP contribution >= 0.6 is 11.6 Å².